The number of hydrogen-bond donors (Lipinski definition) is 0. The van der Waals surface area contributed by atoms with Crippen LogP contribution in [0.3, 0.4) is 0 Å². The molecule has 0 bridgehead atoms. The van der Waals surface area contributed by atoms with Crippen molar-refractivity contribution in [3.05, 3.63) is 34.8 Å². The molecule has 2 nitrogen and oxygen atoms in total. The lowest BCUT2D eigenvalue weighted by Crippen LogP contribution is -2.28. The second-order valence-electron chi connectivity index (χ2n) is 9.13. The first-order chi connectivity index (χ1) is 15.0. The van der Waals surface area contributed by atoms with Crippen LogP contribution >= 0.6 is 0 Å². The molecule has 5 heteroatoms. The molecular weight excluding hydrogens is 401 g/mol. The summed E-state index contributed by atoms with van der Waals surface area (Å²) in [5, 5.41) is 0. The third-order valence-corrected chi connectivity index (χ3v) is 6.69. The van der Waals surface area contributed by atoms with Gasteiger partial charge in [0.15, 0.2) is 11.6 Å². The van der Waals surface area contributed by atoms with E-state index in [9.17, 15) is 13.2 Å². The van der Waals surface area contributed by atoms with Crippen LogP contribution in [-0.2, 0) is 10.8 Å². The monoisotopic (exact) mass is 438 g/mol. The van der Waals surface area contributed by atoms with Gasteiger partial charge >= 0.3 is 6.11 Å². The number of unbranched alkanes of at least 4 members (excludes halogenated alkanes) is 5. The minimum Gasteiger partial charge on any atom is -0.491 e. The van der Waals surface area contributed by atoms with Crippen LogP contribution in [0.15, 0.2) is 17.9 Å². The SMILES string of the molecule is CCCCCCC1CCC(C2=Cc3ccc(OCCCCC)c(F)c3C(F)(F)O2)CC1. The van der Waals surface area contributed by atoms with Crippen molar-refractivity contribution in [2.75, 3.05) is 6.61 Å². The van der Waals surface area contributed by atoms with E-state index in [2.05, 4.69) is 13.8 Å². The fraction of sp³-hybridized carbons (Fsp3) is 0.692. The van der Waals surface area contributed by atoms with Gasteiger partial charge in [0.05, 0.1) is 6.61 Å². The Morgan fingerprint density at radius 2 is 1.68 bits per heavy atom. The van der Waals surface area contributed by atoms with Crippen LogP contribution in [0.1, 0.15) is 102 Å². The van der Waals surface area contributed by atoms with E-state index < -0.39 is 17.5 Å². The van der Waals surface area contributed by atoms with E-state index in [1.165, 1.54) is 44.2 Å². The van der Waals surface area contributed by atoms with Crippen LogP contribution in [0, 0.1) is 17.7 Å². The van der Waals surface area contributed by atoms with E-state index in [-0.39, 0.29) is 17.2 Å². The molecule has 0 aromatic heterocycles. The predicted octanol–water partition coefficient (Wildman–Crippen LogP) is 8.59. The van der Waals surface area contributed by atoms with Crippen LogP contribution in [0.4, 0.5) is 13.2 Å². The van der Waals surface area contributed by atoms with Crippen LogP contribution in [-0.4, -0.2) is 6.61 Å². The molecule has 0 radical (unpaired) electrons. The highest BCUT2D eigenvalue weighted by molar-refractivity contribution is 5.61. The Bertz CT molecular complexity index is 736. The number of alkyl halides is 2. The second kappa shape index (κ2) is 11.3. The van der Waals surface area contributed by atoms with Gasteiger partial charge in [-0.3, -0.25) is 0 Å². The van der Waals surface area contributed by atoms with Crippen molar-refractivity contribution in [2.24, 2.45) is 11.8 Å². The topological polar surface area (TPSA) is 18.5 Å². The number of allylic oxidation sites excluding steroid dienone is 1. The normalized spacial score (nSPS) is 22.4. The highest BCUT2D eigenvalue weighted by atomic mass is 19.3. The molecule has 1 aromatic carbocycles. The lowest BCUT2D eigenvalue weighted by atomic mass is 9.78. The van der Waals surface area contributed by atoms with Crippen molar-refractivity contribution < 1.29 is 22.6 Å². The van der Waals surface area contributed by atoms with Crippen molar-refractivity contribution in [1.29, 1.82) is 0 Å². The van der Waals surface area contributed by atoms with E-state index in [0.717, 1.165) is 44.9 Å². The summed E-state index contributed by atoms with van der Waals surface area (Å²) in [6.45, 7) is 4.59. The van der Waals surface area contributed by atoms with E-state index in [4.69, 9.17) is 9.47 Å². The minimum absolute atomic E-state index is 0.0149. The molecule has 3 rings (SSSR count). The molecule has 0 atom stereocenters. The Kier molecular flexibility index (Phi) is 8.74. The van der Waals surface area contributed by atoms with Crippen LogP contribution in [0.25, 0.3) is 6.08 Å². The van der Waals surface area contributed by atoms with E-state index in [1.807, 2.05) is 0 Å². The fourth-order valence-corrected chi connectivity index (χ4v) is 4.81. The fourth-order valence-electron chi connectivity index (χ4n) is 4.81. The molecule has 1 aromatic rings. The van der Waals surface area contributed by atoms with Gasteiger partial charge in [0.2, 0.25) is 0 Å². The first kappa shape index (κ1) is 24.0. The minimum atomic E-state index is -3.68. The van der Waals surface area contributed by atoms with Gasteiger partial charge in [0.25, 0.3) is 0 Å². The summed E-state index contributed by atoms with van der Waals surface area (Å²) in [7, 11) is 0. The van der Waals surface area contributed by atoms with Gasteiger partial charge in [0, 0.05) is 5.92 Å². The summed E-state index contributed by atoms with van der Waals surface area (Å²) in [6, 6.07) is 2.99. The molecule has 0 N–H and O–H groups in total. The summed E-state index contributed by atoms with van der Waals surface area (Å²) in [5.41, 5.74) is -0.500. The largest absolute Gasteiger partial charge is 0.491 e. The maximum Gasteiger partial charge on any atom is 0.430 e. The summed E-state index contributed by atoms with van der Waals surface area (Å²) in [5.74, 6) is -0.157. The third kappa shape index (κ3) is 6.20. The Balaban J connectivity index is 1.65. The Morgan fingerprint density at radius 1 is 0.968 bits per heavy atom. The lowest BCUT2D eigenvalue weighted by Gasteiger charge is -2.34. The van der Waals surface area contributed by atoms with Crippen LogP contribution in [0.2, 0.25) is 0 Å². The second-order valence-corrected chi connectivity index (χ2v) is 9.13. The first-order valence-corrected chi connectivity index (χ1v) is 12.2. The highest BCUT2D eigenvalue weighted by Gasteiger charge is 2.45. The predicted molar refractivity (Wildman–Crippen MR) is 119 cm³/mol. The zero-order chi connectivity index (χ0) is 22.3. The molecule has 0 spiro atoms. The highest BCUT2D eigenvalue weighted by Crippen LogP contribution is 2.47. The van der Waals surface area contributed by atoms with Gasteiger partial charge in [0.1, 0.15) is 11.3 Å². The van der Waals surface area contributed by atoms with E-state index in [1.54, 1.807) is 6.08 Å². The van der Waals surface area contributed by atoms with Crippen molar-refractivity contribution in [1.82, 2.24) is 0 Å². The Labute approximate surface area is 185 Å². The smallest absolute Gasteiger partial charge is 0.430 e. The van der Waals surface area contributed by atoms with Crippen molar-refractivity contribution in [3.8, 4) is 5.75 Å². The number of fused-ring (bicyclic) bond motifs is 1. The van der Waals surface area contributed by atoms with Crippen LogP contribution in [0.5, 0.6) is 5.75 Å². The molecule has 1 aliphatic heterocycles. The van der Waals surface area contributed by atoms with Crippen molar-refractivity contribution in [2.45, 2.75) is 97.0 Å². The number of hydrogen-bond acceptors (Lipinski definition) is 2. The summed E-state index contributed by atoms with van der Waals surface area (Å²) < 4.78 is 55.0. The molecule has 0 saturated heterocycles. The average Bonchev–Trinajstić information content (AvgIpc) is 2.75. The molecule has 31 heavy (non-hydrogen) atoms. The van der Waals surface area contributed by atoms with Gasteiger partial charge in [-0.25, -0.2) is 4.39 Å². The van der Waals surface area contributed by atoms with E-state index in [0.29, 0.717) is 18.3 Å². The van der Waals surface area contributed by atoms with Crippen LogP contribution < -0.4 is 4.74 Å². The zero-order valence-corrected chi connectivity index (χ0v) is 19.0. The van der Waals surface area contributed by atoms with Gasteiger partial charge in [-0.2, -0.15) is 8.78 Å². The third-order valence-electron chi connectivity index (χ3n) is 6.69. The molecule has 2 aliphatic rings. The molecule has 0 unspecified atom stereocenters. The van der Waals surface area contributed by atoms with Gasteiger partial charge in [-0.15, -0.1) is 0 Å². The van der Waals surface area contributed by atoms with Crippen molar-refractivity contribution >= 4 is 6.08 Å². The molecule has 174 valence electrons. The summed E-state index contributed by atoms with van der Waals surface area (Å²) in [6.07, 6.45) is 10.8. The number of ether oxygens (including phenoxy) is 2. The average molecular weight is 439 g/mol. The maximum atomic E-state index is 14.8. The molecule has 1 fully saturated rings. The first-order valence-electron chi connectivity index (χ1n) is 12.2. The summed E-state index contributed by atoms with van der Waals surface area (Å²) in [4.78, 5) is 0. The van der Waals surface area contributed by atoms with Gasteiger partial charge in [-0.1, -0.05) is 64.9 Å². The molecular formula is C26H37F3O2. The van der Waals surface area contributed by atoms with E-state index >= 15 is 0 Å². The zero-order valence-electron chi connectivity index (χ0n) is 19.0. The molecule has 1 saturated carbocycles. The van der Waals surface area contributed by atoms with Gasteiger partial charge < -0.3 is 9.47 Å². The molecule has 0 amide bonds. The lowest BCUT2D eigenvalue weighted by molar-refractivity contribution is -0.233. The maximum absolute atomic E-state index is 14.8. The van der Waals surface area contributed by atoms with Gasteiger partial charge in [-0.05, 0) is 55.7 Å². The quantitative estimate of drug-likeness (QED) is 0.322. The Hall–Kier alpha value is -1.65. The molecule has 1 aliphatic carbocycles. The number of rotatable bonds is 11. The number of benzene rings is 1. The standard InChI is InChI=1S/C26H37F3O2/c1-3-5-7-8-10-19-11-13-20(14-12-19)23-18-21-15-16-22(30-17-9-6-4-2)25(27)24(21)26(28,29)31-23/h15-16,18-20H,3-14,17H2,1-2H3. The summed E-state index contributed by atoms with van der Waals surface area (Å²) >= 11 is 0. The number of halogens is 3. The molecule has 1 heterocycles. The van der Waals surface area contributed by atoms with Crippen molar-refractivity contribution in [3.63, 3.8) is 0 Å². The Morgan fingerprint density at radius 3 is 2.39 bits per heavy atom.